The molecule has 0 bridgehead atoms. The maximum absolute atomic E-state index is 12.8. The first-order valence-corrected chi connectivity index (χ1v) is 9.53. The Hall–Kier alpha value is -3.24. The minimum Gasteiger partial charge on any atom is -0.465 e. The molecule has 1 N–H and O–H groups in total. The Morgan fingerprint density at radius 2 is 1.86 bits per heavy atom. The molecule has 0 atom stereocenters. The number of carbonyl (C=O) groups excluding carboxylic acids is 2. The number of nitrogens with one attached hydrogen (secondary N) is 1. The van der Waals surface area contributed by atoms with Crippen molar-refractivity contribution in [2.75, 3.05) is 26.1 Å². The van der Waals surface area contributed by atoms with Gasteiger partial charge in [0.15, 0.2) is 0 Å². The lowest BCUT2D eigenvalue weighted by Crippen LogP contribution is -2.42. The Morgan fingerprint density at radius 3 is 2.59 bits per heavy atom. The monoisotopic (exact) mass is 417 g/mol. The zero-order chi connectivity index (χ0) is 21.0. The number of benzene rings is 1. The van der Waals surface area contributed by atoms with Crippen LogP contribution in [0.3, 0.4) is 0 Å². The summed E-state index contributed by atoms with van der Waals surface area (Å²) in [6.07, 6.45) is 0. The minimum atomic E-state index is -0.602. The first kappa shape index (κ1) is 20.5. The lowest BCUT2D eigenvalue weighted by atomic mass is 10.2. The summed E-state index contributed by atoms with van der Waals surface area (Å²) in [5.41, 5.74) is -0.165. The predicted molar refractivity (Wildman–Crippen MR) is 109 cm³/mol. The van der Waals surface area contributed by atoms with Crippen LogP contribution in [0.4, 0.5) is 5.69 Å². The second kappa shape index (κ2) is 8.84. The normalized spacial score (nSPS) is 10.8. The van der Waals surface area contributed by atoms with Crippen molar-refractivity contribution in [1.29, 1.82) is 0 Å². The predicted octanol–water partition coefficient (Wildman–Crippen LogP) is 1.30. The van der Waals surface area contributed by atoms with Crippen LogP contribution in [-0.2, 0) is 27.4 Å². The zero-order valence-corrected chi connectivity index (χ0v) is 16.7. The van der Waals surface area contributed by atoms with E-state index in [-0.39, 0.29) is 30.9 Å². The van der Waals surface area contributed by atoms with Crippen LogP contribution in [0.15, 0.2) is 45.3 Å². The molecule has 10 heteroatoms. The average Bonchev–Trinajstić information content (AvgIpc) is 3.21. The second-order valence-electron chi connectivity index (χ2n) is 6.04. The molecule has 152 valence electrons. The minimum absolute atomic E-state index is 0.0782. The smallest absolute Gasteiger partial charge is 0.339 e. The van der Waals surface area contributed by atoms with Crippen molar-refractivity contribution in [1.82, 2.24) is 9.13 Å². The van der Waals surface area contributed by atoms with E-state index >= 15 is 0 Å². The van der Waals surface area contributed by atoms with E-state index in [2.05, 4.69) is 5.32 Å². The molecule has 1 amide bonds. The summed E-state index contributed by atoms with van der Waals surface area (Å²) in [6, 6.07) is 8.02. The Balaban J connectivity index is 1.96. The molecule has 0 aliphatic carbocycles. The number of esters is 1. The van der Waals surface area contributed by atoms with Crippen LogP contribution in [0.1, 0.15) is 10.4 Å². The molecule has 0 saturated heterocycles. The average molecular weight is 417 g/mol. The van der Waals surface area contributed by atoms with Crippen LogP contribution in [0.5, 0.6) is 0 Å². The van der Waals surface area contributed by atoms with Crippen LogP contribution < -0.4 is 16.6 Å². The number of para-hydroxylation sites is 1. The van der Waals surface area contributed by atoms with Crippen molar-refractivity contribution >= 4 is 39.1 Å². The summed E-state index contributed by atoms with van der Waals surface area (Å²) < 4.78 is 12.4. The van der Waals surface area contributed by atoms with Gasteiger partial charge >= 0.3 is 11.7 Å². The lowest BCUT2D eigenvalue weighted by Gasteiger charge is -2.13. The quantitative estimate of drug-likeness (QED) is 0.581. The number of aromatic nitrogens is 2. The third kappa shape index (κ3) is 4.13. The number of fused-ring (bicyclic) bond motifs is 1. The van der Waals surface area contributed by atoms with E-state index < -0.39 is 23.1 Å². The van der Waals surface area contributed by atoms with Gasteiger partial charge in [0.2, 0.25) is 5.91 Å². The van der Waals surface area contributed by atoms with Crippen LogP contribution >= 0.6 is 11.3 Å². The van der Waals surface area contributed by atoms with E-state index in [0.717, 1.165) is 4.57 Å². The van der Waals surface area contributed by atoms with Gasteiger partial charge in [0.1, 0.15) is 11.2 Å². The molecule has 0 saturated carbocycles. The maximum atomic E-state index is 12.8. The van der Waals surface area contributed by atoms with Crippen molar-refractivity contribution in [2.24, 2.45) is 0 Å². The fourth-order valence-electron chi connectivity index (χ4n) is 2.88. The molecule has 3 rings (SSSR count). The fourth-order valence-corrected chi connectivity index (χ4v) is 3.72. The van der Waals surface area contributed by atoms with Crippen molar-refractivity contribution in [3.8, 4) is 0 Å². The van der Waals surface area contributed by atoms with Gasteiger partial charge in [0, 0.05) is 7.11 Å². The number of anilines is 1. The van der Waals surface area contributed by atoms with Gasteiger partial charge in [-0.25, -0.2) is 9.59 Å². The molecule has 3 aromatic rings. The van der Waals surface area contributed by atoms with Crippen molar-refractivity contribution in [2.45, 2.75) is 13.1 Å². The van der Waals surface area contributed by atoms with E-state index in [4.69, 9.17) is 9.47 Å². The second-order valence-corrected chi connectivity index (χ2v) is 6.95. The molecule has 0 fully saturated rings. The number of thiophene rings is 1. The van der Waals surface area contributed by atoms with Gasteiger partial charge in [0.25, 0.3) is 5.56 Å². The van der Waals surface area contributed by atoms with E-state index in [9.17, 15) is 19.2 Å². The number of rotatable bonds is 7. The Kier molecular flexibility index (Phi) is 6.25. The summed E-state index contributed by atoms with van der Waals surface area (Å²) in [4.78, 5) is 49.9. The highest BCUT2D eigenvalue weighted by Gasteiger charge is 2.18. The van der Waals surface area contributed by atoms with Gasteiger partial charge in [-0.1, -0.05) is 12.1 Å². The highest BCUT2D eigenvalue weighted by atomic mass is 32.1. The number of hydrogen-bond acceptors (Lipinski definition) is 7. The van der Waals surface area contributed by atoms with E-state index in [1.54, 1.807) is 29.6 Å². The van der Waals surface area contributed by atoms with E-state index in [0.29, 0.717) is 10.2 Å². The molecule has 0 aliphatic rings. The van der Waals surface area contributed by atoms with Crippen LogP contribution in [-0.4, -0.2) is 41.8 Å². The summed E-state index contributed by atoms with van der Waals surface area (Å²) in [5, 5.41) is 4.32. The fraction of sp³-hybridized carbons (Fsp3) is 0.263. The topological polar surface area (TPSA) is 109 Å². The summed E-state index contributed by atoms with van der Waals surface area (Å²) >= 11 is 1.20. The Labute approximate surface area is 169 Å². The van der Waals surface area contributed by atoms with Gasteiger partial charge in [-0.15, -0.1) is 11.3 Å². The van der Waals surface area contributed by atoms with E-state index in [1.807, 2.05) is 0 Å². The lowest BCUT2D eigenvalue weighted by molar-refractivity contribution is -0.116. The van der Waals surface area contributed by atoms with Gasteiger partial charge < -0.3 is 14.8 Å². The van der Waals surface area contributed by atoms with E-state index in [1.165, 1.54) is 36.2 Å². The number of amides is 1. The third-order valence-electron chi connectivity index (χ3n) is 4.26. The number of hydrogen-bond donors (Lipinski definition) is 1. The molecule has 2 aromatic heterocycles. The van der Waals surface area contributed by atoms with Crippen molar-refractivity contribution in [3.05, 3.63) is 62.1 Å². The number of nitrogens with zero attached hydrogens (tertiary/aromatic N) is 2. The molecule has 9 nitrogen and oxygen atoms in total. The molecule has 1 aromatic carbocycles. The molecule has 0 unspecified atom stereocenters. The summed E-state index contributed by atoms with van der Waals surface area (Å²) in [7, 11) is 2.72. The van der Waals surface area contributed by atoms with Crippen LogP contribution in [0.25, 0.3) is 10.2 Å². The molecule has 29 heavy (non-hydrogen) atoms. The molecule has 0 radical (unpaired) electrons. The summed E-state index contributed by atoms with van der Waals surface area (Å²) in [5.74, 6) is -1.11. The largest absolute Gasteiger partial charge is 0.465 e. The molecular weight excluding hydrogens is 398 g/mol. The first-order valence-electron chi connectivity index (χ1n) is 8.65. The number of carbonyl (C=O) groups is 2. The van der Waals surface area contributed by atoms with Crippen LogP contribution in [0, 0.1) is 0 Å². The third-order valence-corrected chi connectivity index (χ3v) is 5.16. The highest BCUT2D eigenvalue weighted by molar-refractivity contribution is 7.17. The molecule has 0 spiro atoms. The number of methoxy groups -OCH3 is 2. The van der Waals surface area contributed by atoms with Gasteiger partial charge in [-0.05, 0) is 23.6 Å². The van der Waals surface area contributed by atoms with Crippen molar-refractivity contribution in [3.63, 3.8) is 0 Å². The van der Waals surface area contributed by atoms with Gasteiger partial charge in [-0.3, -0.25) is 18.7 Å². The Morgan fingerprint density at radius 1 is 1.10 bits per heavy atom. The molecule has 2 heterocycles. The zero-order valence-electron chi connectivity index (χ0n) is 15.8. The standard InChI is InChI=1S/C19H19N3O6S/c1-27-9-8-21-17(24)16-14(7-10-29-16)22(19(21)26)11-15(23)20-13-6-4-3-5-12(13)18(25)28-2/h3-7,10H,8-9,11H2,1-2H3,(H,20,23). The SMILES string of the molecule is COCCn1c(=O)c2sccc2n(CC(=O)Nc2ccccc2C(=O)OC)c1=O. The van der Waals surface area contributed by atoms with Crippen molar-refractivity contribution < 1.29 is 19.1 Å². The Bertz CT molecular complexity index is 1180. The highest BCUT2D eigenvalue weighted by Crippen LogP contribution is 2.17. The molecular formula is C19H19N3O6S. The summed E-state index contributed by atoms with van der Waals surface area (Å²) in [6.45, 7) is -0.0611. The van der Waals surface area contributed by atoms with Crippen LogP contribution in [0.2, 0.25) is 0 Å². The van der Waals surface area contributed by atoms with Gasteiger partial charge in [0.05, 0.1) is 37.0 Å². The maximum Gasteiger partial charge on any atom is 0.339 e. The molecule has 0 aliphatic heterocycles. The first-order chi connectivity index (χ1) is 14.0. The van der Waals surface area contributed by atoms with Gasteiger partial charge in [-0.2, -0.15) is 0 Å². The number of ether oxygens (including phenoxy) is 2.